The monoisotopic (exact) mass is 213 g/mol. The molecule has 0 amide bonds. The zero-order valence-electron chi connectivity index (χ0n) is 8.20. The van der Waals surface area contributed by atoms with Gasteiger partial charge in [0.1, 0.15) is 30.2 Å². The minimum absolute atomic E-state index is 0.118. The molecule has 0 atom stereocenters. The second-order valence-electron chi connectivity index (χ2n) is 3.29. The molecule has 0 aliphatic heterocycles. The van der Waals surface area contributed by atoms with E-state index in [1.165, 1.54) is 23.6 Å². The molecule has 3 aromatic rings. The van der Waals surface area contributed by atoms with Crippen molar-refractivity contribution in [1.82, 2.24) is 14.8 Å². The molecule has 0 aliphatic rings. The minimum Gasteiger partial charge on any atom is -0.462 e. The predicted octanol–water partition coefficient (Wildman–Crippen LogP) is 1.37. The molecule has 2 heterocycles. The van der Waals surface area contributed by atoms with Crippen LogP contribution in [0.5, 0.6) is 0 Å². The van der Waals surface area contributed by atoms with Crippen LogP contribution in [0, 0.1) is 0 Å². The zero-order chi connectivity index (χ0) is 11.0. The van der Waals surface area contributed by atoms with Crippen molar-refractivity contribution >= 4 is 11.0 Å². The highest BCUT2D eigenvalue weighted by Gasteiger charge is 2.07. The number of benzene rings is 1. The summed E-state index contributed by atoms with van der Waals surface area (Å²) in [6, 6.07) is 7.09. The van der Waals surface area contributed by atoms with Crippen LogP contribution in [0.15, 0.2) is 52.4 Å². The SMILES string of the molecule is O=c1c(-n2cncn2)coc2ccccc12. The van der Waals surface area contributed by atoms with Crippen molar-refractivity contribution < 1.29 is 4.42 Å². The number of hydrogen-bond acceptors (Lipinski definition) is 4. The molecule has 5 nitrogen and oxygen atoms in total. The molecule has 0 radical (unpaired) electrons. The number of hydrogen-bond donors (Lipinski definition) is 0. The van der Waals surface area contributed by atoms with Gasteiger partial charge >= 0.3 is 0 Å². The summed E-state index contributed by atoms with van der Waals surface area (Å²) < 4.78 is 6.75. The fraction of sp³-hybridized carbons (Fsp3) is 0. The van der Waals surface area contributed by atoms with Crippen molar-refractivity contribution in [3.8, 4) is 5.69 Å². The number of aromatic nitrogens is 3. The van der Waals surface area contributed by atoms with E-state index in [2.05, 4.69) is 10.1 Å². The summed E-state index contributed by atoms with van der Waals surface area (Å²) in [5.74, 6) is 0. The quantitative estimate of drug-likeness (QED) is 0.612. The van der Waals surface area contributed by atoms with E-state index in [4.69, 9.17) is 4.42 Å². The van der Waals surface area contributed by atoms with Crippen molar-refractivity contribution in [2.24, 2.45) is 0 Å². The highest BCUT2D eigenvalue weighted by molar-refractivity contribution is 5.77. The van der Waals surface area contributed by atoms with Crippen LogP contribution < -0.4 is 5.43 Å². The first-order valence-corrected chi connectivity index (χ1v) is 4.72. The first-order valence-electron chi connectivity index (χ1n) is 4.72. The van der Waals surface area contributed by atoms with Gasteiger partial charge in [-0.25, -0.2) is 9.67 Å². The normalized spacial score (nSPS) is 10.8. The molecule has 0 N–H and O–H groups in total. The van der Waals surface area contributed by atoms with Crippen LogP contribution in [-0.2, 0) is 0 Å². The molecular weight excluding hydrogens is 206 g/mol. The Morgan fingerprint density at radius 2 is 2.12 bits per heavy atom. The van der Waals surface area contributed by atoms with Gasteiger partial charge in [-0.05, 0) is 12.1 Å². The molecule has 16 heavy (non-hydrogen) atoms. The topological polar surface area (TPSA) is 60.9 Å². The van der Waals surface area contributed by atoms with Gasteiger partial charge < -0.3 is 4.42 Å². The Morgan fingerprint density at radius 3 is 2.94 bits per heavy atom. The first kappa shape index (κ1) is 8.84. The summed E-state index contributed by atoms with van der Waals surface area (Å²) >= 11 is 0. The number of para-hydroxylation sites is 1. The molecule has 0 saturated heterocycles. The van der Waals surface area contributed by atoms with Gasteiger partial charge in [-0.2, -0.15) is 5.10 Å². The van der Waals surface area contributed by atoms with Gasteiger partial charge in [0.25, 0.3) is 0 Å². The van der Waals surface area contributed by atoms with E-state index in [9.17, 15) is 4.79 Å². The van der Waals surface area contributed by atoms with Gasteiger partial charge in [0.05, 0.1) is 5.39 Å². The van der Waals surface area contributed by atoms with Crippen LogP contribution >= 0.6 is 0 Å². The number of rotatable bonds is 1. The summed E-state index contributed by atoms with van der Waals surface area (Å²) in [5.41, 5.74) is 0.805. The molecule has 0 aliphatic carbocycles. The van der Waals surface area contributed by atoms with Crippen molar-refractivity contribution in [2.75, 3.05) is 0 Å². The van der Waals surface area contributed by atoms with Crippen LogP contribution in [-0.4, -0.2) is 14.8 Å². The Kier molecular flexibility index (Phi) is 1.83. The van der Waals surface area contributed by atoms with Gasteiger partial charge in [0.2, 0.25) is 5.43 Å². The van der Waals surface area contributed by atoms with Crippen LogP contribution in [0.2, 0.25) is 0 Å². The maximum absolute atomic E-state index is 12.1. The third kappa shape index (κ3) is 1.22. The van der Waals surface area contributed by atoms with E-state index in [1.54, 1.807) is 18.2 Å². The van der Waals surface area contributed by atoms with E-state index in [-0.39, 0.29) is 5.43 Å². The van der Waals surface area contributed by atoms with Crippen LogP contribution in [0.4, 0.5) is 0 Å². The third-order valence-corrected chi connectivity index (χ3v) is 2.33. The van der Waals surface area contributed by atoms with Crippen LogP contribution in [0.3, 0.4) is 0 Å². The second kappa shape index (κ2) is 3.30. The molecule has 0 saturated carbocycles. The largest absolute Gasteiger partial charge is 0.462 e. The van der Waals surface area contributed by atoms with E-state index in [0.29, 0.717) is 16.7 Å². The molecule has 0 spiro atoms. The van der Waals surface area contributed by atoms with Crippen LogP contribution in [0.1, 0.15) is 0 Å². The molecule has 1 aromatic carbocycles. The zero-order valence-corrected chi connectivity index (χ0v) is 8.20. The molecule has 3 rings (SSSR count). The van der Waals surface area contributed by atoms with E-state index in [1.807, 2.05) is 6.07 Å². The Balaban J connectivity index is 2.37. The Bertz CT molecular complexity index is 686. The fourth-order valence-corrected chi connectivity index (χ4v) is 1.56. The Labute approximate surface area is 90.0 Å². The Morgan fingerprint density at radius 1 is 1.25 bits per heavy atom. The third-order valence-electron chi connectivity index (χ3n) is 2.33. The summed E-state index contributed by atoms with van der Waals surface area (Å²) in [4.78, 5) is 15.9. The standard InChI is InChI=1S/C11H7N3O2/c15-11-8-3-1-2-4-10(8)16-5-9(11)14-7-12-6-13-14/h1-7H. The molecule has 5 heteroatoms. The Hall–Kier alpha value is -2.43. The average Bonchev–Trinajstić information content (AvgIpc) is 2.83. The lowest BCUT2D eigenvalue weighted by molar-refractivity contribution is 0.593. The molecule has 0 fully saturated rings. The maximum atomic E-state index is 12.1. The highest BCUT2D eigenvalue weighted by atomic mass is 16.3. The minimum atomic E-state index is -0.118. The summed E-state index contributed by atoms with van der Waals surface area (Å²) in [6.45, 7) is 0. The van der Waals surface area contributed by atoms with Crippen molar-refractivity contribution in [1.29, 1.82) is 0 Å². The van der Waals surface area contributed by atoms with E-state index in [0.717, 1.165) is 0 Å². The van der Waals surface area contributed by atoms with Gasteiger partial charge in [-0.15, -0.1) is 0 Å². The van der Waals surface area contributed by atoms with Gasteiger partial charge in [0.15, 0.2) is 0 Å². The molecule has 2 aromatic heterocycles. The lowest BCUT2D eigenvalue weighted by atomic mass is 10.2. The fourth-order valence-electron chi connectivity index (χ4n) is 1.56. The van der Waals surface area contributed by atoms with Crippen molar-refractivity contribution in [3.63, 3.8) is 0 Å². The smallest absolute Gasteiger partial charge is 0.218 e. The molecular formula is C11H7N3O2. The highest BCUT2D eigenvalue weighted by Crippen LogP contribution is 2.11. The summed E-state index contributed by atoms with van der Waals surface area (Å²) in [6.07, 6.45) is 4.22. The summed E-state index contributed by atoms with van der Waals surface area (Å²) in [7, 11) is 0. The molecule has 0 unspecified atom stereocenters. The average molecular weight is 213 g/mol. The summed E-state index contributed by atoms with van der Waals surface area (Å²) in [5, 5.41) is 4.44. The van der Waals surface area contributed by atoms with Gasteiger partial charge in [0, 0.05) is 0 Å². The number of fused-ring (bicyclic) bond motifs is 1. The van der Waals surface area contributed by atoms with Gasteiger partial charge in [-0.3, -0.25) is 4.79 Å². The van der Waals surface area contributed by atoms with Gasteiger partial charge in [-0.1, -0.05) is 12.1 Å². The van der Waals surface area contributed by atoms with Crippen LogP contribution in [0.25, 0.3) is 16.7 Å². The van der Waals surface area contributed by atoms with E-state index >= 15 is 0 Å². The van der Waals surface area contributed by atoms with Crippen molar-refractivity contribution in [3.05, 3.63) is 53.4 Å². The lowest BCUT2D eigenvalue weighted by Gasteiger charge is -2.00. The number of nitrogens with zero attached hydrogens (tertiary/aromatic N) is 3. The van der Waals surface area contributed by atoms with E-state index < -0.39 is 0 Å². The second-order valence-corrected chi connectivity index (χ2v) is 3.29. The molecule has 78 valence electrons. The molecule has 0 bridgehead atoms. The maximum Gasteiger partial charge on any atom is 0.218 e. The first-order chi connectivity index (χ1) is 7.86. The predicted molar refractivity (Wildman–Crippen MR) is 57.4 cm³/mol. The van der Waals surface area contributed by atoms with Crippen molar-refractivity contribution in [2.45, 2.75) is 0 Å². The lowest BCUT2D eigenvalue weighted by Crippen LogP contribution is -2.11.